The van der Waals surface area contributed by atoms with Crippen molar-refractivity contribution in [3.63, 3.8) is 0 Å². The second-order valence-electron chi connectivity index (χ2n) is 9.33. The van der Waals surface area contributed by atoms with Crippen molar-refractivity contribution in [3.8, 4) is 0 Å². The van der Waals surface area contributed by atoms with Crippen molar-refractivity contribution in [2.75, 3.05) is 13.2 Å². The predicted molar refractivity (Wildman–Crippen MR) is 101 cm³/mol. The summed E-state index contributed by atoms with van der Waals surface area (Å²) in [6.45, 7) is 3.19. The van der Waals surface area contributed by atoms with Gasteiger partial charge in [-0.25, -0.2) is 0 Å². The van der Waals surface area contributed by atoms with Gasteiger partial charge in [0.25, 0.3) is 0 Å². The molecule has 0 N–H and O–H groups in total. The fourth-order valence-electron chi connectivity index (χ4n) is 7.90. The molecule has 8 atom stereocenters. The van der Waals surface area contributed by atoms with Gasteiger partial charge < -0.3 is 9.47 Å². The Morgan fingerprint density at radius 1 is 0.931 bits per heavy atom. The average molecular weight is 398 g/mol. The molecule has 0 amide bonds. The third kappa shape index (κ3) is 2.18. The van der Waals surface area contributed by atoms with E-state index in [4.69, 9.17) is 9.47 Å². The van der Waals surface area contributed by atoms with E-state index in [1.54, 1.807) is 6.08 Å². The molecule has 0 aromatic rings. The zero-order chi connectivity index (χ0) is 20.6. The monoisotopic (exact) mass is 398 g/mol. The highest BCUT2D eigenvalue weighted by atomic mass is 16.5. The van der Waals surface area contributed by atoms with Crippen molar-refractivity contribution in [2.24, 2.45) is 46.3 Å². The van der Waals surface area contributed by atoms with Gasteiger partial charge >= 0.3 is 11.9 Å². The minimum atomic E-state index is -0.512. The molecule has 0 spiro atoms. The van der Waals surface area contributed by atoms with Crippen LogP contribution in [0.3, 0.4) is 0 Å². The fourth-order valence-corrected chi connectivity index (χ4v) is 7.90. The summed E-state index contributed by atoms with van der Waals surface area (Å²) in [7, 11) is 0. The van der Waals surface area contributed by atoms with Crippen LogP contribution in [0, 0.1) is 46.3 Å². The van der Waals surface area contributed by atoms with Crippen molar-refractivity contribution < 1.29 is 28.7 Å². The minimum Gasteiger partial charge on any atom is -0.462 e. The number of hydrogen-bond donors (Lipinski definition) is 0. The second-order valence-corrected chi connectivity index (χ2v) is 9.33. The first-order valence-electron chi connectivity index (χ1n) is 10.5. The summed E-state index contributed by atoms with van der Waals surface area (Å²) in [5.74, 6) is 0.909. The van der Waals surface area contributed by atoms with Crippen LogP contribution in [-0.2, 0) is 28.7 Å². The molecule has 5 rings (SSSR count). The molecule has 5 saturated carbocycles. The maximum absolute atomic E-state index is 13.6. The van der Waals surface area contributed by atoms with Gasteiger partial charge in [-0.15, -0.1) is 0 Å². The van der Waals surface area contributed by atoms with Gasteiger partial charge in [0.05, 0.1) is 0 Å². The van der Waals surface area contributed by atoms with Crippen LogP contribution >= 0.6 is 0 Å². The Bertz CT molecular complexity index is 871. The SMILES string of the molecule is CC(=O)OC/C=C/CC12C(=O)C3C4C1C1CC2C(=O)C1C34C/C=C/COC(C)=O. The van der Waals surface area contributed by atoms with E-state index in [1.165, 1.54) is 13.8 Å². The standard InChI is InChI=1S/C23H26O6/c1-12(24)28-9-5-3-7-22-15-11-14-16(22)18-19(21(22)27)23(18,17(14)20(15)26)8-4-6-10-29-13(2)25/h3-6,14-19H,7-11H2,1-2H3/b5-3+,6-4+. The molecule has 154 valence electrons. The first-order chi connectivity index (χ1) is 13.9. The van der Waals surface area contributed by atoms with E-state index in [0.717, 1.165) is 12.8 Å². The molecule has 5 fully saturated rings. The van der Waals surface area contributed by atoms with E-state index < -0.39 is 5.41 Å². The topological polar surface area (TPSA) is 86.7 Å². The molecule has 0 aromatic carbocycles. The molecule has 8 unspecified atom stereocenters. The molecule has 0 heterocycles. The quantitative estimate of drug-likeness (QED) is 0.460. The molecule has 0 aliphatic heterocycles. The Hall–Kier alpha value is -2.24. The molecule has 6 nitrogen and oxygen atoms in total. The molecule has 0 radical (unpaired) electrons. The Labute approximate surface area is 169 Å². The summed E-state index contributed by atoms with van der Waals surface area (Å²) in [5, 5.41) is 0. The van der Waals surface area contributed by atoms with Gasteiger partial charge in [-0.1, -0.05) is 24.3 Å². The fraction of sp³-hybridized carbons (Fsp3) is 0.652. The van der Waals surface area contributed by atoms with Crippen molar-refractivity contribution in [3.05, 3.63) is 24.3 Å². The number of fused-ring (bicyclic) bond motifs is 4. The number of ether oxygens (including phenoxy) is 2. The molecule has 6 heteroatoms. The highest BCUT2D eigenvalue weighted by Gasteiger charge is 2.95. The Balaban J connectivity index is 1.34. The Morgan fingerprint density at radius 2 is 1.55 bits per heavy atom. The van der Waals surface area contributed by atoms with Crippen LogP contribution < -0.4 is 0 Å². The lowest BCUT2D eigenvalue weighted by molar-refractivity contribution is -0.140. The van der Waals surface area contributed by atoms with E-state index >= 15 is 0 Å². The van der Waals surface area contributed by atoms with Crippen LogP contribution in [0.15, 0.2) is 24.3 Å². The number of hydrogen-bond acceptors (Lipinski definition) is 6. The molecule has 2 bridgehead atoms. The first kappa shape index (κ1) is 18.8. The summed E-state index contributed by atoms with van der Waals surface area (Å²) in [4.78, 5) is 48.6. The van der Waals surface area contributed by atoms with Gasteiger partial charge in [0.15, 0.2) is 0 Å². The van der Waals surface area contributed by atoms with E-state index in [9.17, 15) is 19.2 Å². The number of carbonyl (C=O) groups excluding carboxylic acids is 4. The molecular weight excluding hydrogens is 372 g/mol. The lowest BCUT2D eigenvalue weighted by Crippen LogP contribution is -2.42. The normalized spacial score (nSPS) is 45.0. The van der Waals surface area contributed by atoms with Gasteiger partial charge in [-0.3, -0.25) is 19.2 Å². The summed E-state index contributed by atoms with van der Waals surface area (Å²) in [6, 6.07) is 0. The third-order valence-corrected chi connectivity index (χ3v) is 8.45. The number of rotatable bonds is 8. The zero-order valence-electron chi connectivity index (χ0n) is 16.8. The minimum absolute atomic E-state index is 0.0169. The number of allylic oxidation sites excluding steroid dienone is 2. The van der Waals surface area contributed by atoms with Gasteiger partial charge in [0.1, 0.15) is 24.8 Å². The first-order valence-corrected chi connectivity index (χ1v) is 10.5. The Kier molecular flexibility index (Phi) is 3.97. The van der Waals surface area contributed by atoms with Crippen molar-refractivity contribution in [2.45, 2.75) is 33.1 Å². The second kappa shape index (κ2) is 6.13. The molecule has 5 aliphatic carbocycles. The summed E-state index contributed by atoms with van der Waals surface area (Å²) in [6.07, 6.45) is 9.73. The van der Waals surface area contributed by atoms with Gasteiger partial charge in [0, 0.05) is 37.0 Å². The molecule has 5 aliphatic rings. The molecular formula is C23H26O6. The van der Waals surface area contributed by atoms with E-state index in [2.05, 4.69) is 0 Å². The van der Waals surface area contributed by atoms with E-state index in [0.29, 0.717) is 35.7 Å². The number of esters is 2. The summed E-state index contributed by atoms with van der Waals surface area (Å²) >= 11 is 0. The Morgan fingerprint density at radius 3 is 2.17 bits per heavy atom. The smallest absolute Gasteiger partial charge is 0.302 e. The number of carbonyl (C=O) groups is 4. The van der Waals surface area contributed by atoms with Gasteiger partial charge in [-0.05, 0) is 42.4 Å². The summed E-state index contributed by atoms with van der Waals surface area (Å²) < 4.78 is 9.88. The number of Topliss-reactive ketones (excluding diaryl/α,β-unsaturated/α-hetero) is 2. The van der Waals surface area contributed by atoms with Crippen LogP contribution in [0.1, 0.15) is 33.1 Å². The molecule has 0 aromatic heterocycles. The zero-order valence-corrected chi connectivity index (χ0v) is 16.8. The van der Waals surface area contributed by atoms with Crippen molar-refractivity contribution in [1.82, 2.24) is 0 Å². The predicted octanol–water partition coefficient (Wildman–Crippen LogP) is 2.27. The summed E-state index contributed by atoms with van der Waals surface area (Å²) in [5.41, 5.74) is -0.686. The van der Waals surface area contributed by atoms with Crippen molar-refractivity contribution in [1.29, 1.82) is 0 Å². The van der Waals surface area contributed by atoms with Crippen LogP contribution in [0.25, 0.3) is 0 Å². The maximum atomic E-state index is 13.6. The van der Waals surface area contributed by atoms with Gasteiger partial charge in [0.2, 0.25) is 0 Å². The van der Waals surface area contributed by atoms with E-state index in [-0.39, 0.29) is 48.3 Å². The molecule has 0 saturated heterocycles. The van der Waals surface area contributed by atoms with Crippen LogP contribution in [0.4, 0.5) is 0 Å². The lowest BCUT2D eigenvalue weighted by Gasteiger charge is -2.36. The lowest BCUT2D eigenvalue weighted by atomic mass is 9.65. The van der Waals surface area contributed by atoms with E-state index in [1.807, 2.05) is 18.2 Å². The average Bonchev–Trinajstić information content (AvgIpc) is 2.91. The van der Waals surface area contributed by atoms with Crippen LogP contribution in [0.2, 0.25) is 0 Å². The van der Waals surface area contributed by atoms with Crippen LogP contribution in [0.5, 0.6) is 0 Å². The number of ketones is 2. The third-order valence-electron chi connectivity index (χ3n) is 8.45. The largest absolute Gasteiger partial charge is 0.462 e. The maximum Gasteiger partial charge on any atom is 0.302 e. The highest BCUT2D eigenvalue weighted by molar-refractivity contribution is 6.07. The van der Waals surface area contributed by atoms with Gasteiger partial charge in [-0.2, -0.15) is 0 Å². The van der Waals surface area contributed by atoms with Crippen molar-refractivity contribution >= 4 is 23.5 Å². The van der Waals surface area contributed by atoms with Crippen LogP contribution in [-0.4, -0.2) is 36.7 Å². The molecule has 29 heavy (non-hydrogen) atoms. The highest BCUT2D eigenvalue weighted by Crippen LogP contribution is 2.92.